The van der Waals surface area contributed by atoms with Gasteiger partial charge in [0.1, 0.15) is 5.75 Å². The molecule has 1 heterocycles. The Balaban J connectivity index is 1.43. The summed E-state index contributed by atoms with van der Waals surface area (Å²) in [7, 11) is 0. The van der Waals surface area contributed by atoms with E-state index in [1.54, 1.807) is 0 Å². The molecule has 0 atom stereocenters. The third-order valence-corrected chi connectivity index (χ3v) is 4.34. The number of nitrogen functional groups attached to an aromatic ring is 1. The van der Waals surface area contributed by atoms with Crippen LogP contribution in [0.4, 0.5) is 5.69 Å². The van der Waals surface area contributed by atoms with Crippen molar-refractivity contribution in [1.82, 2.24) is 4.90 Å². The van der Waals surface area contributed by atoms with Crippen LogP contribution < -0.4 is 10.5 Å². The average molecular weight is 296 g/mol. The van der Waals surface area contributed by atoms with Gasteiger partial charge in [0, 0.05) is 25.3 Å². The molecule has 116 valence electrons. The maximum atomic E-state index is 5.82. The molecule has 22 heavy (non-hydrogen) atoms. The van der Waals surface area contributed by atoms with Gasteiger partial charge in [0.15, 0.2) is 0 Å². The van der Waals surface area contributed by atoms with Crippen LogP contribution in [0.15, 0.2) is 42.5 Å². The monoisotopic (exact) mass is 296 g/mol. The van der Waals surface area contributed by atoms with Crippen molar-refractivity contribution in [3.05, 3.63) is 59.2 Å². The van der Waals surface area contributed by atoms with Crippen LogP contribution in [-0.4, -0.2) is 24.6 Å². The number of hydrogen-bond acceptors (Lipinski definition) is 3. The Bertz CT molecular complexity index is 639. The summed E-state index contributed by atoms with van der Waals surface area (Å²) in [6, 6.07) is 14.6. The van der Waals surface area contributed by atoms with Gasteiger partial charge in [-0.1, -0.05) is 24.3 Å². The lowest BCUT2D eigenvalue weighted by Crippen LogP contribution is -2.31. The van der Waals surface area contributed by atoms with Crippen LogP contribution in [-0.2, 0) is 13.0 Å². The predicted molar refractivity (Wildman–Crippen MR) is 91.1 cm³/mol. The van der Waals surface area contributed by atoms with Crippen LogP contribution in [0.3, 0.4) is 0 Å². The van der Waals surface area contributed by atoms with Crippen molar-refractivity contribution in [3.8, 4) is 5.75 Å². The number of fused-ring (bicyclic) bond motifs is 1. The smallest absolute Gasteiger partial charge is 0.119 e. The molecule has 2 aromatic rings. The van der Waals surface area contributed by atoms with Gasteiger partial charge in [0.2, 0.25) is 0 Å². The standard InChI is InChI=1S/C19H24N2O/c1-15-13-18(7-8-19(15)20)22-12-4-10-21-11-9-16-5-2-3-6-17(16)14-21/h2-3,5-8,13H,4,9-12,14,20H2,1H3. The number of hydrogen-bond donors (Lipinski definition) is 1. The number of nitrogens with zero attached hydrogens (tertiary/aromatic N) is 1. The van der Waals surface area contributed by atoms with Crippen molar-refractivity contribution >= 4 is 5.69 Å². The Labute approximate surface area is 132 Å². The number of rotatable bonds is 5. The van der Waals surface area contributed by atoms with Crippen molar-refractivity contribution < 1.29 is 4.74 Å². The highest BCUT2D eigenvalue weighted by molar-refractivity contribution is 5.49. The van der Waals surface area contributed by atoms with E-state index in [9.17, 15) is 0 Å². The molecule has 3 rings (SSSR count). The lowest BCUT2D eigenvalue weighted by atomic mass is 10.00. The normalized spacial score (nSPS) is 14.6. The fourth-order valence-electron chi connectivity index (χ4n) is 2.96. The largest absolute Gasteiger partial charge is 0.494 e. The van der Waals surface area contributed by atoms with E-state index in [0.29, 0.717) is 0 Å². The van der Waals surface area contributed by atoms with Gasteiger partial charge in [-0.25, -0.2) is 0 Å². The zero-order valence-corrected chi connectivity index (χ0v) is 13.2. The maximum Gasteiger partial charge on any atom is 0.119 e. The van der Waals surface area contributed by atoms with Crippen LogP contribution in [0, 0.1) is 6.92 Å². The zero-order chi connectivity index (χ0) is 15.4. The van der Waals surface area contributed by atoms with Crippen LogP contribution in [0.25, 0.3) is 0 Å². The van der Waals surface area contributed by atoms with Gasteiger partial charge < -0.3 is 10.5 Å². The molecule has 0 unspecified atom stereocenters. The number of nitrogens with two attached hydrogens (primary N) is 1. The summed E-state index contributed by atoms with van der Waals surface area (Å²) in [5, 5.41) is 0. The quantitative estimate of drug-likeness (QED) is 0.679. The second-order valence-corrected chi connectivity index (χ2v) is 6.02. The highest BCUT2D eigenvalue weighted by Crippen LogP contribution is 2.20. The van der Waals surface area contributed by atoms with Crippen molar-refractivity contribution in [2.45, 2.75) is 26.3 Å². The van der Waals surface area contributed by atoms with Gasteiger partial charge >= 0.3 is 0 Å². The molecular weight excluding hydrogens is 272 g/mol. The lowest BCUT2D eigenvalue weighted by molar-refractivity contribution is 0.221. The third kappa shape index (κ3) is 3.60. The number of aryl methyl sites for hydroxylation is 1. The van der Waals surface area contributed by atoms with Crippen LogP contribution in [0.5, 0.6) is 5.75 Å². The molecule has 2 aromatic carbocycles. The Kier molecular flexibility index (Phi) is 4.64. The van der Waals surface area contributed by atoms with E-state index >= 15 is 0 Å². The fourth-order valence-corrected chi connectivity index (χ4v) is 2.96. The predicted octanol–water partition coefficient (Wildman–Crippen LogP) is 3.40. The minimum Gasteiger partial charge on any atom is -0.494 e. The van der Waals surface area contributed by atoms with E-state index in [1.165, 1.54) is 11.1 Å². The van der Waals surface area contributed by atoms with E-state index in [2.05, 4.69) is 29.2 Å². The first-order valence-corrected chi connectivity index (χ1v) is 8.00. The Morgan fingerprint density at radius 1 is 1.14 bits per heavy atom. The first-order chi connectivity index (χ1) is 10.7. The number of anilines is 1. The Morgan fingerprint density at radius 2 is 1.95 bits per heavy atom. The molecule has 0 radical (unpaired) electrons. The molecule has 1 aliphatic heterocycles. The van der Waals surface area contributed by atoms with Gasteiger partial charge in [-0.3, -0.25) is 4.90 Å². The molecular formula is C19H24N2O. The second kappa shape index (κ2) is 6.84. The van der Waals surface area contributed by atoms with Gasteiger partial charge in [0.05, 0.1) is 6.61 Å². The van der Waals surface area contributed by atoms with Crippen molar-refractivity contribution in [3.63, 3.8) is 0 Å². The minimum absolute atomic E-state index is 0.751. The van der Waals surface area contributed by atoms with E-state index in [4.69, 9.17) is 10.5 Å². The van der Waals surface area contributed by atoms with Crippen LogP contribution in [0.1, 0.15) is 23.1 Å². The SMILES string of the molecule is Cc1cc(OCCCN2CCc3ccccc3C2)ccc1N. The highest BCUT2D eigenvalue weighted by atomic mass is 16.5. The zero-order valence-electron chi connectivity index (χ0n) is 13.2. The first-order valence-electron chi connectivity index (χ1n) is 8.00. The van der Waals surface area contributed by atoms with Crippen LogP contribution >= 0.6 is 0 Å². The van der Waals surface area contributed by atoms with E-state index < -0.39 is 0 Å². The minimum atomic E-state index is 0.751. The molecule has 1 aliphatic rings. The number of ether oxygens (including phenoxy) is 1. The van der Waals surface area contributed by atoms with E-state index in [0.717, 1.165) is 56.1 Å². The first kappa shape index (κ1) is 14.9. The molecule has 0 amide bonds. The molecule has 2 N–H and O–H groups in total. The molecule has 0 aromatic heterocycles. The summed E-state index contributed by atoms with van der Waals surface area (Å²) < 4.78 is 5.82. The summed E-state index contributed by atoms with van der Waals surface area (Å²) in [5.41, 5.74) is 10.7. The molecule has 0 saturated heterocycles. The summed E-state index contributed by atoms with van der Waals surface area (Å²) in [4.78, 5) is 2.51. The summed E-state index contributed by atoms with van der Waals surface area (Å²) in [6.45, 7) is 6.06. The molecule has 3 nitrogen and oxygen atoms in total. The van der Waals surface area contributed by atoms with Crippen molar-refractivity contribution in [2.24, 2.45) is 0 Å². The maximum absolute atomic E-state index is 5.82. The lowest BCUT2D eigenvalue weighted by Gasteiger charge is -2.28. The molecule has 0 fully saturated rings. The van der Waals surface area contributed by atoms with Crippen molar-refractivity contribution in [1.29, 1.82) is 0 Å². The molecule has 0 bridgehead atoms. The summed E-state index contributed by atoms with van der Waals surface area (Å²) in [6.07, 6.45) is 2.21. The van der Waals surface area contributed by atoms with Gasteiger partial charge in [-0.15, -0.1) is 0 Å². The highest BCUT2D eigenvalue weighted by Gasteiger charge is 2.14. The topological polar surface area (TPSA) is 38.5 Å². The molecule has 0 aliphatic carbocycles. The summed E-state index contributed by atoms with van der Waals surface area (Å²) in [5.74, 6) is 0.913. The Morgan fingerprint density at radius 3 is 2.77 bits per heavy atom. The van der Waals surface area contributed by atoms with Crippen molar-refractivity contribution in [2.75, 3.05) is 25.4 Å². The third-order valence-electron chi connectivity index (χ3n) is 4.34. The van der Waals surface area contributed by atoms with Gasteiger partial charge in [0.25, 0.3) is 0 Å². The Hall–Kier alpha value is -2.00. The summed E-state index contributed by atoms with van der Waals surface area (Å²) >= 11 is 0. The second-order valence-electron chi connectivity index (χ2n) is 6.02. The van der Waals surface area contributed by atoms with E-state index in [1.807, 2.05) is 25.1 Å². The fraction of sp³-hybridized carbons (Fsp3) is 0.368. The molecule has 0 saturated carbocycles. The molecule has 3 heteroatoms. The number of benzene rings is 2. The van der Waals surface area contributed by atoms with Gasteiger partial charge in [-0.05, 0) is 54.7 Å². The average Bonchev–Trinajstić information content (AvgIpc) is 2.54. The van der Waals surface area contributed by atoms with Gasteiger partial charge in [-0.2, -0.15) is 0 Å². The van der Waals surface area contributed by atoms with E-state index in [-0.39, 0.29) is 0 Å². The van der Waals surface area contributed by atoms with Crippen LogP contribution in [0.2, 0.25) is 0 Å². The molecule has 0 spiro atoms.